The van der Waals surface area contributed by atoms with Crippen LogP contribution in [0.25, 0.3) is 0 Å². The van der Waals surface area contributed by atoms with Gasteiger partial charge in [-0.15, -0.1) is 0 Å². The summed E-state index contributed by atoms with van der Waals surface area (Å²) in [5, 5.41) is 0. The van der Waals surface area contributed by atoms with E-state index in [9.17, 15) is 17.6 Å². The van der Waals surface area contributed by atoms with Crippen molar-refractivity contribution in [2.24, 2.45) is 5.92 Å². The molecule has 0 aliphatic heterocycles. The van der Waals surface area contributed by atoms with Crippen LogP contribution in [-0.2, 0) is 10.8 Å². The highest BCUT2D eigenvalue weighted by atomic mass is 19.3. The number of alkyl halides is 2. The lowest BCUT2D eigenvalue weighted by molar-refractivity contribution is -0.279. The topological polar surface area (TPSA) is 9.23 Å². The average Bonchev–Trinajstić information content (AvgIpc) is 2.44. The van der Waals surface area contributed by atoms with E-state index in [2.05, 4.69) is 6.92 Å². The lowest BCUT2D eigenvalue weighted by atomic mass is 9.84. The minimum Gasteiger partial charge on any atom is -0.313 e. The third-order valence-electron chi connectivity index (χ3n) is 4.07. The Bertz CT molecular complexity index is 467. The molecule has 118 valence electrons. The summed E-state index contributed by atoms with van der Waals surface area (Å²) in [6.45, 7) is 2.10. The SMILES string of the molecule is CCCC1CCC(OC(F)(F)c2cccc(F)c2F)CC1. The highest BCUT2D eigenvalue weighted by Crippen LogP contribution is 2.38. The van der Waals surface area contributed by atoms with E-state index in [1.54, 1.807) is 0 Å². The maximum atomic E-state index is 14.0. The second-order valence-electron chi connectivity index (χ2n) is 5.67. The largest absolute Gasteiger partial charge is 0.386 e. The normalized spacial score (nSPS) is 23.3. The van der Waals surface area contributed by atoms with E-state index in [-0.39, 0.29) is 0 Å². The van der Waals surface area contributed by atoms with Gasteiger partial charge in [0.25, 0.3) is 0 Å². The monoisotopic (exact) mass is 304 g/mol. The first-order chi connectivity index (χ1) is 9.94. The van der Waals surface area contributed by atoms with Crippen molar-refractivity contribution < 1.29 is 22.3 Å². The highest BCUT2D eigenvalue weighted by Gasteiger charge is 2.40. The van der Waals surface area contributed by atoms with Crippen LogP contribution in [0.5, 0.6) is 0 Å². The first-order valence-corrected chi connectivity index (χ1v) is 7.44. The number of rotatable bonds is 5. The predicted molar refractivity (Wildman–Crippen MR) is 72.0 cm³/mol. The standard InChI is InChI=1S/C16H20F4O/c1-2-4-11-7-9-12(10-8-11)21-16(19,20)13-5-3-6-14(17)15(13)18/h3,5-6,11-12H,2,4,7-10H2,1H3. The molecule has 1 fully saturated rings. The molecule has 1 aromatic carbocycles. The molecule has 0 amide bonds. The third-order valence-corrected chi connectivity index (χ3v) is 4.07. The fourth-order valence-corrected chi connectivity index (χ4v) is 2.95. The van der Waals surface area contributed by atoms with Crippen LogP contribution in [0.3, 0.4) is 0 Å². The van der Waals surface area contributed by atoms with E-state index >= 15 is 0 Å². The number of ether oxygens (including phenoxy) is 1. The van der Waals surface area contributed by atoms with Crippen LogP contribution in [0.2, 0.25) is 0 Å². The van der Waals surface area contributed by atoms with Crippen LogP contribution in [0, 0.1) is 17.6 Å². The Balaban J connectivity index is 2.00. The Labute approximate surface area is 122 Å². The van der Waals surface area contributed by atoms with E-state index in [1.165, 1.54) is 0 Å². The van der Waals surface area contributed by atoms with E-state index in [0.29, 0.717) is 18.8 Å². The van der Waals surface area contributed by atoms with Crippen molar-refractivity contribution in [3.8, 4) is 0 Å². The first kappa shape index (κ1) is 16.3. The van der Waals surface area contributed by atoms with Gasteiger partial charge in [-0.2, -0.15) is 8.78 Å². The Morgan fingerprint density at radius 2 is 1.81 bits per heavy atom. The van der Waals surface area contributed by atoms with Crippen LogP contribution < -0.4 is 0 Å². The van der Waals surface area contributed by atoms with Gasteiger partial charge < -0.3 is 4.74 Å². The number of hydrogen-bond acceptors (Lipinski definition) is 1. The first-order valence-electron chi connectivity index (χ1n) is 7.44. The molecule has 0 aromatic heterocycles. The smallest absolute Gasteiger partial charge is 0.313 e. The van der Waals surface area contributed by atoms with Gasteiger partial charge in [0.1, 0.15) is 0 Å². The van der Waals surface area contributed by atoms with Crippen LogP contribution in [-0.4, -0.2) is 6.10 Å². The molecule has 0 heterocycles. The molecule has 1 aliphatic carbocycles. The summed E-state index contributed by atoms with van der Waals surface area (Å²) < 4.78 is 59.3. The number of halogens is 4. The van der Waals surface area contributed by atoms with Gasteiger partial charge in [-0.25, -0.2) is 8.78 Å². The highest BCUT2D eigenvalue weighted by molar-refractivity contribution is 5.21. The molecule has 0 bridgehead atoms. The zero-order valence-corrected chi connectivity index (χ0v) is 12.0. The van der Waals surface area contributed by atoms with Crippen molar-refractivity contribution in [3.63, 3.8) is 0 Å². The molecule has 0 N–H and O–H groups in total. The molecule has 0 saturated heterocycles. The van der Waals surface area contributed by atoms with Crippen molar-refractivity contribution in [3.05, 3.63) is 35.4 Å². The van der Waals surface area contributed by atoms with Crippen molar-refractivity contribution in [2.45, 2.75) is 57.7 Å². The maximum absolute atomic E-state index is 14.0. The van der Waals surface area contributed by atoms with Crippen molar-refractivity contribution in [1.82, 2.24) is 0 Å². The van der Waals surface area contributed by atoms with Crippen LogP contribution in [0.15, 0.2) is 18.2 Å². The molecule has 1 nitrogen and oxygen atoms in total. The zero-order chi connectivity index (χ0) is 15.5. The molecule has 1 aliphatic rings. The molecule has 1 saturated carbocycles. The summed E-state index contributed by atoms with van der Waals surface area (Å²) in [5.74, 6) is -2.26. The molecule has 21 heavy (non-hydrogen) atoms. The van der Waals surface area contributed by atoms with Gasteiger partial charge in [-0.05, 0) is 43.7 Å². The van der Waals surface area contributed by atoms with Gasteiger partial charge in [-0.3, -0.25) is 0 Å². The van der Waals surface area contributed by atoms with Gasteiger partial charge in [0, 0.05) is 0 Å². The molecule has 0 spiro atoms. The third kappa shape index (κ3) is 3.96. The lowest BCUT2D eigenvalue weighted by Crippen LogP contribution is -2.30. The second kappa shape index (κ2) is 6.77. The van der Waals surface area contributed by atoms with E-state index in [4.69, 9.17) is 4.74 Å². The van der Waals surface area contributed by atoms with Gasteiger partial charge in [0.15, 0.2) is 11.6 Å². The Morgan fingerprint density at radius 1 is 1.14 bits per heavy atom. The summed E-state index contributed by atoms with van der Waals surface area (Å²) >= 11 is 0. The van der Waals surface area contributed by atoms with E-state index in [1.807, 2.05) is 0 Å². The predicted octanol–water partition coefficient (Wildman–Crippen LogP) is 5.39. The van der Waals surface area contributed by atoms with E-state index < -0.39 is 29.4 Å². The van der Waals surface area contributed by atoms with Gasteiger partial charge in [0.2, 0.25) is 0 Å². The quantitative estimate of drug-likeness (QED) is 0.663. The molecule has 0 atom stereocenters. The van der Waals surface area contributed by atoms with Gasteiger partial charge in [-0.1, -0.05) is 25.8 Å². The Hall–Kier alpha value is -1.10. The number of benzene rings is 1. The molecule has 1 aromatic rings. The Kier molecular flexibility index (Phi) is 5.25. The van der Waals surface area contributed by atoms with Crippen LogP contribution >= 0.6 is 0 Å². The second-order valence-corrected chi connectivity index (χ2v) is 5.67. The van der Waals surface area contributed by atoms with Crippen molar-refractivity contribution >= 4 is 0 Å². The molecular formula is C16H20F4O. The lowest BCUT2D eigenvalue weighted by Gasteiger charge is -2.31. The zero-order valence-electron chi connectivity index (χ0n) is 12.0. The molecule has 0 radical (unpaired) electrons. The van der Waals surface area contributed by atoms with Gasteiger partial charge in [0.05, 0.1) is 11.7 Å². The number of hydrogen-bond donors (Lipinski definition) is 0. The minimum absolute atomic E-state index is 0.539. The fourth-order valence-electron chi connectivity index (χ4n) is 2.95. The van der Waals surface area contributed by atoms with Crippen LogP contribution in [0.4, 0.5) is 17.6 Å². The molecule has 5 heteroatoms. The summed E-state index contributed by atoms with van der Waals surface area (Å²) in [5.41, 5.74) is -1.03. The average molecular weight is 304 g/mol. The summed E-state index contributed by atoms with van der Waals surface area (Å²) in [7, 11) is 0. The minimum atomic E-state index is -3.80. The van der Waals surface area contributed by atoms with Gasteiger partial charge >= 0.3 is 6.11 Å². The van der Waals surface area contributed by atoms with Crippen LogP contribution in [0.1, 0.15) is 51.0 Å². The summed E-state index contributed by atoms with van der Waals surface area (Å²) in [4.78, 5) is 0. The molecule has 2 rings (SSSR count). The summed E-state index contributed by atoms with van der Waals surface area (Å²) in [6.07, 6.45) is 0.557. The molecule has 0 unspecified atom stereocenters. The summed E-state index contributed by atoms with van der Waals surface area (Å²) in [6, 6.07) is 2.73. The van der Waals surface area contributed by atoms with Crippen molar-refractivity contribution in [2.75, 3.05) is 0 Å². The fraction of sp³-hybridized carbons (Fsp3) is 0.625. The Morgan fingerprint density at radius 3 is 2.43 bits per heavy atom. The molecular weight excluding hydrogens is 284 g/mol. The maximum Gasteiger partial charge on any atom is 0.386 e. The van der Waals surface area contributed by atoms with Crippen molar-refractivity contribution in [1.29, 1.82) is 0 Å². The van der Waals surface area contributed by atoms with E-state index in [0.717, 1.165) is 43.9 Å².